The smallest absolute Gasteiger partial charge is 0.237 e. The normalized spacial score (nSPS) is 22.1. The summed E-state index contributed by atoms with van der Waals surface area (Å²) in [5.41, 5.74) is 0.679. The average Bonchev–Trinajstić information content (AvgIpc) is 2.47. The third kappa shape index (κ3) is 2.59. The van der Waals surface area contributed by atoms with Crippen LogP contribution in [-0.2, 0) is 14.9 Å². The molecule has 1 aromatic carbocycles. The first kappa shape index (κ1) is 14.6. The number of likely N-dealkylation sites (tertiary alicyclic amines) is 1. The van der Waals surface area contributed by atoms with Gasteiger partial charge in [0.05, 0.1) is 13.2 Å². The Kier molecular flexibility index (Phi) is 4.03. The molecule has 1 aromatic rings. The zero-order chi connectivity index (χ0) is 14.9. The van der Waals surface area contributed by atoms with E-state index in [2.05, 4.69) is 30.9 Å². The molecule has 3 nitrogen and oxygen atoms in total. The van der Waals surface area contributed by atoms with Gasteiger partial charge in [0, 0.05) is 13.1 Å². The summed E-state index contributed by atoms with van der Waals surface area (Å²) in [6.45, 7) is 7.42. The molecule has 2 aliphatic heterocycles. The summed E-state index contributed by atoms with van der Waals surface area (Å²) >= 11 is 0. The number of carbonyl (C=O) groups excluding carboxylic acids is 1. The summed E-state index contributed by atoms with van der Waals surface area (Å²) in [6, 6.07) is 10.1. The van der Waals surface area contributed by atoms with Gasteiger partial charge in [-0.2, -0.15) is 0 Å². The minimum atomic E-state index is -0.425. The number of ether oxygens (including phenoxy) is 1. The van der Waals surface area contributed by atoms with E-state index in [0.717, 1.165) is 43.3 Å². The molecule has 0 unspecified atom stereocenters. The standard InChI is InChI=1S/C18H25NO2/c1-14(2)15-8-10-19(11-9-15)17(20)18(12-21-13-18)16-6-4-3-5-7-16/h3-7,14-15H,8-13H2,1-2H3. The molecule has 0 N–H and O–H groups in total. The molecule has 3 rings (SSSR count). The topological polar surface area (TPSA) is 29.5 Å². The fourth-order valence-electron chi connectivity index (χ4n) is 3.55. The highest BCUT2D eigenvalue weighted by Gasteiger charge is 2.49. The lowest BCUT2D eigenvalue weighted by Gasteiger charge is -2.45. The minimum Gasteiger partial charge on any atom is -0.378 e. The number of piperidine rings is 1. The SMILES string of the molecule is CC(C)C1CCN(C(=O)C2(c3ccccc3)COC2)CC1. The molecule has 0 saturated carbocycles. The Morgan fingerprint density at radius 2 is 1.81 bits per heavy atom. The van der Waals surface area contributed by atoms with E-state index in [1.54, 1.807) is 0 Å². The number of rotatable bonds is 3. The molecule has 1 amide bonds. The molecule has 0 atom stereocenters. The van der Waals surface area contributed by atoms with Gasteiger partial charge in [0.2, 0.25) is 5.91 Å². The first-order valence-corrected chi connectivity index (χ1v) is 8.06. The van der Waals surface area contributed by atoms with Gasteiger partial charge in [-0.1, -0.05) is 44.2 Å². The van der Waals surface area contributed by atoms with Gasteiger partial charge >= 0.3 is 0 Å². The van der Waals surface area contributed by atoms with Crippen molar-refractivity contribution in [1.29, 1.82) is 0 Å². The van der Waals surface area contributed by atoms with Gasteiger partial charge in [0.1, 0.15) is 5.41 Å². The third-order valence-electron chi connectivity index (χ3n) is 5.20. The summed E-state index contributed by atoms with van der Waals surface area (Å²) < 4.78 is 5.42. The number of carbonyl (C=O) groups is 1. The molecule has 3 heteroatoms. The molecule has 0 spiro atoms. The first-order chi connectivity index (χ1) is 10.1. The van der Waals surface area contributed by atoms with Gasteiger partial charge in [0.15, 0.2) is 0 Å². The Morgan fingerprint density at radius 1 is 1.19 bits per heavy atom. The zero-order valence-electron chi connectivity index (χ0n) is 13.0. The molecule has 0 bridgehead atoms. The number of hydrogen-bond acceptors (Lipinski definition) is 2. The molecule has 0 aromatic heterocycles. The van der Waals surface area contributed by atoms with Crippen LogP contribution in [0.25, 0.3) is 0 Å². The van der Waals surface area contributed by atoms with Gasteiger partial charge in [-0.25, -0.2) is 0 Å². The van der Waals surface area contributed by atoms with Crippen LogP contribution < -0.4 is 0 Å². The van der Waals surface area contributed by atoms with E-state index in [9.17, 15) is 4.79 Å². The van der Waals surface area contributed by atoms with Crippen LogP contribution in [0.2, 0.25) is 0 Å². The van der Waals surface area contributed by atoms with Crippen molar-refractivity contribution in [3.8, 4) is 0 Å². The fourth-order valence-corrected chi connectivity index (χ4v) is 3.55. The number of nitrogens with zero attached hydrogens (tertiary/aromatic N) is 1. The highest BCUT2D eigenvalue weighted by atomic mass is 16.5. The van der Waals surface area contributed by atoms with Gasteiger partial charge < -0.3 is 9.64 Å². The van der Waals surface area contributed by atoms with Crippen LogP contribution in [0.4, 0.5) is 0 Å². The lowest BCUT2D eigenvalue weighted by atomic mass is 9.76. The predicted molar refractivity (Wildman–Crippen MR) is 83.1 cm³/mol. The molecule has 21 heavy (non-hydrogen) atoms. The van der Waals surface area contributed by atoms with E-state index in [1.807, 2.05) is 18.2 Å². The maximum Gasteiger partial charge on any atom is 0.237 e. The van der Waals surface area contributed by atoms with Crippen LogP contribution in [0, 0.1) is 11.8 Å². The minimum absolute atomic E-state index is 0.266. The molecular formula is C18H25NO2. The molecule has 2 aliphatic rings. The van der Waals surface area contributed by atoms with E-state index in [4.69, 9.17) is 4.74 Å². The summed E-state index contributed by atoms with van der Waals surface area (Å²) in [5, 5.41) is 0. The van der Waals surface area contributed by atoms with Crippen molar-refractivity contribution in [3.05, 3.63) is 35.9 Å². The van der Waals surface area contributed by atoms with Crippen LogP contribution >= 0.6 is 0 Å². The van der Waals surface area contributed by atoms with Gasteiger partial charge in [-0.05, 0) is 30.2 Å². The zero-order valence-corrected chi connectivity index (χ0v) is 13.0. The van der Waals surface area contributed by atoms with E-state index in [-0.39, 0.29) is 5.91 Å². The van der Waals surface area contributed by atoms with E-state index < -0.39 is 5.41 Å². The fraction of sp³-hybridized carbons (Fsp3) is 0.611. The van der Waals surface area contributed by atoms with E-state index >= 15 is 0 Å². The van der Waals surface area contributed by atoms with Crippen molar-refractivity contribution in [2.24, 2.45) is 11.8 Å². The maximum absolute atomic E-state index is 13.0. The van der Waals surface area contributed by atoms with Crippen molar-refractivity contribution in [2.75, 3.05) is 26.3 Å². The van der Waals surface area contributed by atoms with Crippen LogP contribution in [0.1, 0.15) is 32.3 Å². The maximum atomic E-state index is 13.0. The molecule has 2 saturated heterocycles. The second-order valence-electron chi connectivity index (χ2n) is 6.81. The van der Waals surface area contributed by atoms with Crippen LogP contribution in [0.15, 0.2) is 30.3 Å². The Hall–Kier alpha value is -1.35. The average molecular weight is 287 g/mol. The number of hydrogen-bond donors (Lipinski definition) is 0. The van der Waals surface area contributed by atoms with Crippen molar-refractivity contribution in [3.63, 3.8) is 0 Å². The quantitative estimate of drug-likeness (QED) is 0.855. The monoisotopic (exact) mass is 287 g/mol. The largest absolute Gasteiger partial charge is 0.378 e. The van der Waals surface area contributed by atoms with E-state index in [1.165, 1.54) is 0 Å². The van der Waals surface area contributed by atoms with Crippen LogP contribution in [0.5, 0.6) is 0 Å². The predicted octanol–water partition coefficient (Wildman–Crippen LogP) is 2.85. The van der Waals surface area contributed by atoms with Crippen LogP contribution in [0.3, 0.4) is 0 Å². The third-order valence-corrected chi connectivity index (χ3v) is 5.20. The van der Waals surface area contributed by atoms with Crippen molar-refractivity contribution >= 4 is 5.91 Å². The number of amides is 1. The molecular weight excluding hydrogens is 262 g/mol. The van der Waals surface area contributed by atoms with Gasteiger partial charge in [-0.3, -0.25) is 4.79 Å². The first-order valence-electron chi connectivity index (χ1n) is 8.06. The van der Waals surface area contributed by atoms with Crippen molar-refractivity contribution in [1.82, 2.24) is 4.90 Å². The molecule has 2 heterocycles. The second kappa shape index (κ2) is 5.80. The lowest BCUT2D eigenvalue weighted by molar-refractivity contribution is -0.157. The summed E-state index contributed by atoms with van der Waals surface area (Å²) in [5.74, 6) is 1.75. The summed E-state index contributed by atoms with van der Waals surface area (Å²) in [6.07, 6.45) is 2.27. The molecule has 0 radical (unpaired) electrons. The van der Waals surface area contributed by atoms with Crippen LogP contribution in [-0.4, -0.2) is 37.1 Å². The van der Waals surface area contributed by atoms with Crippen molar-refractivity contribution in [2.45, 2.75) is 32.1 Å². The van der Waals surface area contributed by atoms with Crippen molar-refractivity contribution < 1.29 is 9.53 Å². The Balaban J connectivity index is 1.73. The Labute approximate surface area is 127 Å². The summed E-state index contributed by atoms with van der Waals surface area (Å²) in [7, 11) is 0. The Bertz CT molecular complexity index is 485. The van der Waals surface area contributed by atoms with Gasteiger partial charge in [0.25, 0.3) is 0 Å². The molecule has 0 aliphatic carbocycles. The van der Waals surface area contributed by atoms with Gasteiger partial charge in [-0.15, -0.1) is 0 Å². The highest BCUT2D eigenvalue weighted by molar-refractivity contribution is 5.89. The summed E-state index contributed by atoms with van der Waals surface area (Å²) in [4.78, 5) is 15.1. The molecule has 2 fully saturated rings. The second-order valence-corrected chi connectivity index (χ2v) is 6.81. The Morgan fingerprint density at radius 3 is 2.29 bits per heavy atom. The lowest BCUT2D eigenvalue weighted by Crippen LogP contribution is -2.59. The van der Waals surface area contributed by atoms with E-state index in [0.29, 0.717) is 13.2 Å². The number of benzene rings is 1. The molecule has 114 valence electrons. The highest BCUT2D eigenvalue weighted by Crippen LogP contribution is 2.36.